The van der Waals surface area contributed by atoms with Crippen molar-refractivity contribution in [3.8, 4) is 22.8 Å². The molecule has 0 spiro atoms. The number of rotatable bonds is 7. The van der Waals surface area contributed by atoms with Crippen molar-refractivity contribution in [2.45, 2.75) is 20.0 Å². The maximum absolute atomic E-state index is 14.5. The Labute approximate surface area is 179 Å². The molecule has 1 heterocycles. The lowest BCUT2D eigenvalue weighted by Gasteiger charge is -2.11. The van der Waals surface area contributed by atoms with Crippen LogP contribution in [0.5, 0.6) is 11.5 Å². The van der Waals surface area contributed by atoms with Crippen molar-refractivity contribution in [2.24, 2.45) is 4.99 Å². The highest BCUT2D eigenvalue weighted by Crippen LogP contribution is 2.34. The number of aryl methyl sites for hydroxylation is 1. The first-order valence-corrected chi connectivity index (χ1v) is 9.65. The highest BCUT2D eigenvalue weighted by atomic mass is 35.5. The fourth-order valence-electron chi connectivity index (χ4n) is 3.04. The lowest BCUT2D eigenvalue weighted by Crippen LogP contribution is -2.00. The number of ether oxygens (including phenoxy) is 2. The molecule has 1 N–H and O–H groups in total. The summed E-state index contributed by atoms with van der Waals surface area (Å²) in [6.07, 6.45) is 2.15. The summed E-state index contributed by atoms with van der Waals surface area (Å²) in [6.45, 7) is 1.68. The van der Waals surface area contributed by atoms with Crippen molar-refractivity contribution in [1.82, 2.24) is 4.98 Å². The molecule has 3 rings (SSSR count). The molecule has 0 saturated carbocycles. The molecule has 2 aromatic carbocycles. The maximum Gasteiger partial charge on any atom is 0.162 e. The number of methoxy groups -OCH3 is 2. The Morgan fingerprint density at radius 2 is 1.87 bits per heavy atom. The number of aliphatic hydroxyl groups excluding tert-OH is 1. The summed E-state index contributed by atoms with van der Waals surface area (Å²) in [5.74, 6) is 0.677. The van der Waals surface area contributed by atoms with E-state index < -0.39 is 5.82 Å². The monoisotopic (exact) mass is 428 g/mol. The average molecular weight is 429 g/mol. The minimum atomic E-state index is -0.562. The number of hydrogen-bond acceptors (Lipinski definition) is 5. The van der Waals surface area contributed by atoms with Crippen molar-refractivity contribution in [2.75, 3.05) is 14.2 Å². The first kappa shape index (κ1) is 21.7. The molecule has 156 valence electrons. The van der Waals surface area contributed by atoms with Gasteiger partial charge in [0.1, 0.15) is 0 Å². The molecule has 0 amide bonds. The first-order valence-electron chi connectivity index (χ1n) is 9.27. The van der Waals surface area contributed by atoms with Crippen LogP contribution in [-0.2, 0) is 13.0 Å². The van der Waals surface area contributed by atoms with Gasteiger partial charge in [0.05, 0.1) is 37.2 Å². The van der Waals surface area contributed by atoms with Gasteiger partial charge in [0.15, 0.2) is 17.3 Å². The number of nitrogens with zero attached hydrogens (tertiary/aromatic N) is 2. The predicted octanol–water partition coefficient (Wildman–Crippen LogP) is 5.30. The van der Waals surface area contributed by atoms with Gasteiger partial charge in [0.2, 0.25) is 0 Å². The van der Waals surface area contributed by atoms with Gasteiger partial charge in [-0.15, -0.1) is 0 Å². The second-order valence-electron chi connectivity index (χ2n) is 6.58. The van der Waals surface area contributed by atoms with Crippen LogP contribution < -0.4 is 9.47 Å². The molecule has 1 aromatic heterocycles. The van der Waals surface area contributed by atoms with Gasteiger partial charge < -0.3 is 14.6 Å². The Morgan fingerprint density at radius 1 is 1.13 bits per heavy atom. The van der Waals surface area contributed by atoms with Crippen LogP contribution in [0.2, 0.25) is 5.02 Å². The van der Waals surface area contributed by atoms with Gasteiger partial charge in [0.25, 0.3) is 0 Å². The third kappa shape index (κ3) is 4.61. The van der Waals surface area contributed by atoms with Crippen LogP contribution in [0, 0.1) is 12.7 Å². The van der Waals surface area contributed by atoms with Crippen molar-refractivity contribution >= 4 is 23.5 Å². The fraction of sp³-hybridized carbons (Fsp3) is 0.217. The van der Waals surface area contributed by atoms with Crippen LogP contribution in [0.3, 0.4) is 0 Å². The standard InChI is InChI=1S/C23H22ClFN2O3/c1-14-11-20(29-2)21(30-3)12-19(14)26-10-9-16-8-7-15(13-28)23(27-16)17-5-4-6-18(24)22(17)25/h4-8,10-12,28H,9,13H2,1-3H3. The maximum atomic E-state index is 14.5. The van der Waals surface area contributed by atoms with E-state index in [1.807, 2.05) is 13.0 Å². The van der Waals surface area contributed by atoms with Crippen LogP contribution in [0.1, 0.15) is 16.8 Å². The molecule has 0 aliphatic heterocycles. The number of aromatic nitrogens is 1. The Balaban J connectivity index is 1.89. The minimum Gasteiger partial charge on any atom is -0.493 e. The molecule has 0 radical (unpaired) electrons. The molecule has 3 aromatic rings. The second kappa shape index (κ2) is 9.69. The van der Waals surface area contributed by atoms with Crippen LogP contribution >= 0.6 is 11.6 Å². The van der Waals surface area contributed by atoms with Gasteiger partial charge in [-0.1, -0.05) is 23.7 Å². The van der Waals surface area contributed by atoms with E-state index in [1.165, 1.54) is 6.07 Å². The number of benzene rings is 2. The highest BCUT2D eigenvalue weighted by molar-refractivity contribution is 6.31. The molecule has 0 unspecified atom stereocenters. The summed E-state index contributed by atoms with van der Waals surface area (Å²) in [7, 11) is 3.16. The van der Waals surface area contributed by atoms with E-state index in [4.69, 9.17) is 21.1 Å². The van der Waals surface area contributed by atoms with Crippen LogP contribution in [-0.4, -0.2) is 30.5 Å². The lowest BCUT2D eigenvalue weighted by molar-refractivity contribution is 0.282. The molecule has 30 heavy (non-hydrogen) atoms. The third-order valence-electron chi connectivity index (χ3n) is 4.65. The summed E-state index contributed by atoms with van der Waals surface area (Å²) in [6, 6.07) is 11.9. The topological polar surface area (TPSA) is 63.9 Å². The summed E-state index contributed by atoms with van der Waals surface area (Å²) in [5, 5.41) is 9.64. The first-order chi connectivity index (χ1) is 14.5. The molecule has 5 nitrogen and oxygen atoms in total. The Kier molecular flexibility index (Phi) is 7.03. The van der Waals surface area contributed by atoms with Gasteiger partial charge >= 0.3 is 0 Å². The number of pyridine rings is 1. The van der Waals surface area contributed by atoms with E-state index in [0.29, 0.717) is 34.9 Å². The van der Waals surface area contributed by atoms with E-state index in [9.17, 15) is 9.50 Å². The molecule has 7 heteroatoms. The minimum absolute atomic E-state index is 0.00841. The smallest absolute Gasteiger partial charge is 0.162 e. The molecule has 0 bridgehead atoms. The molecular weight excluding hydrogens is 407 g/mol. The van der Waals surface area contributed by atoms with Gasteiger partial charge in [-0.25, -0.2) is 4.39 Å². The van der Waals surface area contributed by atoms with E-state index in [0.717, 1.165) is 11.3 Å². The third-order valence-corrected chi connectivity index (χ3v) is 4.94. The van der Waals surface area contributed by atoms with Gasteiger partial charge in [-0.05, 0) is 36.8 Å². The zero-order valence-electron chi connectivity index (χ0n) is 16.9. The summed E-state index contributed by atoms with van der Waals surface area (Å²) in [5.41, 5.74) is 3.51. The van der Waals surface area contributed by atoms with Crippen molar-refractivity contribution in [3.63, 3.8) is 0 Å². The highest BCUT2D eigenvalue weighted by Gasteiger charge is 2.14. The van der Waals surface area contributed by atoms with E-state index in [1.54, 1.807) is 50.8 Å². The quantitative estimate of drug-likeness (QED) is 0.518. The van der Waals surface area contributed by atoms with Crippen LogP contribution in [0.15, 0.2) is 47.5 Å². The molecule has 0 atom stereocenters. The summed E-state index contributed by atoms with van der Waals surface area (Å²) >= 11 is 5.91. The number of halogens is 2. The van der Waals surface area contributed by atoms with E-state index in [2.05, 4.69) is 9.98 Å². The van der Waals surface area contributed by atoms with Crippen LogP contribution in [0.25, 0.3) is 11.3 Å². The van der Waals surface area contributed by atoms with Crippen LogP contribution in [0.4, 0.5) is 10.1 Å². The largest absolute Gasteiger partial charge is 0.493 e. The average Bonchev–Trinajstić information content (AvgIpc) is 2.76. The number of aliphatic hydroxyl groups is 1. The molecule has 0 saturated heterocycles. The zero-order valence-corrected chi connectivity index (χ0v) is 17.7. The summed E-state index contributed by atoms with van der Waals surface area (Å²) in [4.78, 5) is 9.05. The van der Waals surface area contributed by atoms with Crippen molar-refractivity contribution < 1.29 is 19.0 Å². The van der Waals surface area contributed by atoms with Crippen molar-refractivity contribution in [3.05, 3.63) is 70.1 Å². The number of aliphatic imine (C=N–C) groups is 1. The van der Waals surface area contributed by atoms with Gasteiger partial charge in [-0.2, -0.15) is 0 Å². The zero-order chi connectivity index (χ0) is 21.7. The lowest BCUT2D eigenvalue weighted by atomic mass is 10.0. The fourth-order valence-corrected chi connectivity index (χ4v) is 3.21. The second-order valence-corrected chi connectivity index (χ2v) is 6.99. The van der Waals surface area contributed by atoms with Crippen molar-refractivity contribution in [1.29, 1.82) is 0 Å². The van der Waals surface area contributed by atoms with E-state index >= 15 is 0 Å². The SMILES string of the molecule is COc1cc(C)c(N=CCc2ccc(CO)c(-c3cccc(Cl)c3F)n2)cc1OC. The molecule has 0 fully saturated rings. The summed E-state index contributed by atoms with van der Waals surface area (Å²) < 4.78 is 25.1. The molecule has 0 aliphatic carbocycles. The molecular formula is C23H22ClFN2O3. The van der Waals surface area contributed by atoms with E-state index in [-0.39, 0.29) is 17.2 Å². The Morgan fingerprint density at radius 3 is 2.57 bits per heavy atom. The number of hydrogen-bond donors (Lipinski definition) is 1. The normalized spacial score (nSPS) is 11.1. The molecule has 0 aliphatic rings. The Hall–Kier alpha value is -2.96. The predicted molar refractivity (Wildman–Crippen MR) is 117 cm³/mol. The van der Waals surface area contributed by atoms with Gasteiger partial charge in [0, 0.05) is 35.5 Å². The Bertz CT molecular complexity index is 1090. The van der Waals surface area contributed by atoms with Gasteiger partial charge in [-0.3, -0.25) is 9.98 Å².